The van der Waals surface area contributed by atoms with Crippen molar-refractivity contribution in [3.05, 3.63) is 0 Å². The molecule has 0 amide bonds. The van der Waals surface area contributed by atoms with Crippen LogP contribution in [0.25, 0.3) is 0 Å². The first-order valence-electron chi connectivity index (χ1n) is 7.69. The van der Waals surface area contributed by atoms with Gasteiger partial charge in [0.05, 0.1) is 0 Å². The van der Waals surface area contributed by atoms with Gasteiger partial charge in [0.25, 0.3) is 0 Å². The van der Waals surface area contributed by atoms with Gasteiger partial charge in [0.1, 0.15) is 5.54 Å². The Kier molecular flexibility index (Phi) is 9.88. The van der Waals surface area contributed by atoms with Crippen molar-refractivity contribution in [3.63, 3.8) is 0 Å². The quantitative estimate of drug-likeness (QED) is 0.573. The van der Waals surface area contributed by atoms with E-state index in [0.717, 1.165) is 32.5 Å². The molecule has 0 aliphatic rings. The summed E-state index contributed by atoms with van der Waals surface area (Å²) in [5, 5.41) is 12.7. The van der Waals surface area contributed by atoms with Gasteiger partial charge in [0.2, 0.25) is 0 Å². The molecule has 0 bridgehead atoms. The number of hydrogen-bond acceptors (Lipinski definition) is 3. The fraction of sp³-hybridized carbons (Fsp3) is 0.933. The number of carboxylic acids is 1. The van der Waals surface area contributed by atoms with Crippen LogP contribution in [0.1, 0.15) is 59.3 Å². The van der Waals surface area contributed by atoms with Gasteiger partial charge in [-0.15, -0.1) is 0 Å². The zero-order valence-corrected chi connectivity index (χ0v) is 13.2. The predicted molar refractivity (Wildman–Crippen MR) is 80.6 cm³/mol. The Bertz CT molecular complexity index is 246. The van der Waals surface area contributed by atoms with Crippen molar-refractivity contribution in [3.8, 4) is 0 Å². The summed E-state index contributed by atoms with van der Waals surface area (Å²) in [6.45, 7) is 9.06. The average molecular weight is 272 g/mol. The molecule has 0 aromatic carbocycles. The molecule has 0 fully saturated rings. The van der Waals surface area contributed by atoms with Crippen molar-refractivity contribution in [2.75, 3.05) is 26.7 Å². The zero-order valence-electron chi connectivity index (χ0n) is 13.2. The fourth-order valence-electron chi connectivity index (χ4n) is 2.28. The van der Waals surface area contributed by atoms with Crippen LogP contribution in [0.5, 0.6) is 0 Å². The lowest BCUT2D eigenvalue weighted by Gasteiger charge is -2.30. The van der Waals surface area contributed by atoms with Crippen LogP contribution >= 0.6 is 0 Å². The van der Waals surface area contributed by atoms with Crippen LogP contribution in [0.4, 0.5) is 0 Å². The fourth-order valence-corrected chi connectivity index (χ4v) is 2.28. The van der Waals surface area contributed by atoms with Gasteiger partial charge in [0, 0.05) is 0 Å². The summed E-state index contributed by atoms with van der Waals surface area (Å²) >= 11 is 0. The van der Waals surface area contributed by atoms with Gasteiger partial charge in [-0.1, -0.05) is 27.2 Å². The Balaban J connectivity index is 4.22. The number of carboxylic acid groups (broad SMARTS) is 1. The number of nitrogens with zero attached hydrogens (tertiary/aromatic N) is 1. The summed E-state index contributed by atoms with van der Waals surface area (Å²) in [6.07, 6.45) is 5.65. The van der Waals surface area contributed by atoms with E-state index in [1.807, 2.05) is 6.92 Å². The smallest absolute Gasteiger partial charge is 0.323 e. The van der Waals surface area contributed by atoms with Crippen LogP contribution in [0.3, 0.4) is 0 Å². The minimum atomic E-state index is -0.735. The van der Waals surface area contributed by atoms with E-state index in [0.29, 0.717) is 12.8 Å². The van der Waals surface area contributed by atoms with Gasteiger partial charge in [-0.3, -0.25) is 4.79 Å². The molecule has 0 saturated carbocycles. The molecule has 0 rings (SSSR count). The molecule has 19 heavy (non-hydrogen) atoms. The second-order valence-electron chi connectivity index (χ2n) is 5.43. The van der Waals surface area contributed by atoms with Crippen molar-refractivity contribution < 1.29 is 9.90 Å². The van der Waals surface area contributed by atoms with E-state index >= 15 is 0 Å². The van der Waals surface area contributed by atoms with Gasteiger partial charge in [-0.2, -0.15) is 0 Å². The van der Waals surface area contributed by atoms with Crippen LogP contribution < -0.4 is 5.32 Å². The molecule has 0 aromatic rings. The normalized spacial score (nSPS) is 14.6. The minimum absolute atomic E-state index is 0.640. The second-order valence-corrected chi connectivity index (χ2v) is 5.43. The first kappa shape index (κ1) is 18.4. The number of hydrogen-bond donors (Lipinski definition) is 2. The SMILES string of the molecule is CCCCN(C)CCCC(CC)(NCCC)C(=O)O. The van der Waals surface area contributed by atoms with Crippen LogP contribution in [0.15, 0.2) is 0 Å². The predicted octanol–water partition coefficient (Wildman–Crippen LogP) is 2.73. The van der Waals surface area contributed by atoms with Gasteiger partial charge in [0.15, 0.2) is 0 Å². The standard InChI is InChI=1S/C15H32N2O2/c1-5-8-12-17(4)13-9-10-15(7-3,14(18)19)16-11-6-2/h16H,5-13H2,1-4H3,(H,18,19). The number of carbonyl (C=O) groups is 1. The molecule has 1 atom stereocenters. The largest absolute Gasteiger partial charge is 0.480 e. The Labute approximate surface area is 118 Å². The number of unbranched alkanes of at least 4 members (excludes halogenated alkanes) is 1. The zero-order chi connectivity index (χ0) is 14.7. The van der Waals surface area contributed by atoms with Gasteiger partial charge in [-0.25, -0.2) is 0 Å². The van der Waals surface area contributed by atoms with E-state index in [1.165, 1.54) is 12.8 Å². The monoisotopic (exact) mass is 272 g/mol. The summed E-state index contributed by atoms with van der Waals surface area (Å²) in [4.78, 5) is 13.8. The maximum atomic E-state index is 11.5. The molecule has 0 saturated heterocycles. The van der Waals surface area contributed by atoms with Gasteiger partial charge < -0.3 is 15.3 Å². The highest BCUT2D eigenvalue weighted by molar-refractivity contribution is 5.78. The molecule has 4 heteroatoms. The Hall–Kier alpha value is -0.610. The molecule has 0 aliphatic heterocycles. The summed E-state index contributed by atoms with van der Waals surface area (Å²) in [5.41, 5.74) is -0.735. The highest BCUT2D eigenvalue weighted by Gasteiger charge is 2.35. The van der Waals surface area contributed by atoms with E-state index < -0.39 is 11.5 Å². The Morgan fingerprint density at radius 3 is 2.26 bits per heavy atom. The molecule has 0 radical (unpaired) electrons. The molecule has 1 unspecified atom stereocenters. The van der Waals surface area contributed by atoms with Crippen molar-refractivity contribution in [2.45, 2.75) is 64.8 Å². The highest BCUT2D eigenvalue weighted by atomic mass is 16.4. The van der Waals surface area contributed by atoms with E-state index in [4.69, 9.17) is 0 Å². The summed E-state index contributed by atoms with van der Waals surface area (Å²) in [5.74, 6) is -0.709. The Morgan fingerprint density at radius 1 is 1.16 bits per heavy atom. The third kappa shape index (κ3) is 6.92. The Morgan fingerprint density at radius 2 is 1.79 bits per heavy atom. The molecule has 0 spiro atoms. The molecular formula is C15H32N2O2. The third-order valence-electron chi connectivity index (χ3n) is 3.76. The van der Waals surface area contributed by atoms with Crippen LogP contribution in [-0.2, 0) is 4.79 Å². The van der Waals surface area contributed by atoms with Crippen LogP contribution in [0, 0.1) is 0 Å². The maximum absolute atomic E-state index is 11.5. The topological polar surface area (TPSA) is 52.6 Å². The second kappa shape index (κ2) is 10.2. The van der Waals surface area contributed by atoms with Gasteiger partial charge >= 0.3 is 5.97 Å². The molecule has 0 aromatic heterocycles. The summed E-state index contributed by atoms with van der Waals surface area (Å²) < 4.78 is 0. The van der Waals surface area contributed by atoms with Crippen molar-refractivity contribution >= 4 is 5.97 Å². The maximum Gasteiger partial charge on any atom is 0.323 e. The van der Waals surface area contributed by atoms with E-state index in [1.54, 1.807) is 0 Å². The first-order valence-corrected chi connectivity index (χ1v) is 7.69. The number of aliphatic carboxylic acids is 1. The molecule has 114 valence electrons. The summed E-state index contributed by atoms with van der Waals surface area (Å²) in [6, 6.07) is 0. The minimum Gasteiger partial charge on any atom is -0.480 e. The van der Waals surface area contributed by atoms with Crippen LogP contribution in [-0.4, -0.2) is 48.2 Å². The lowest BCUT2D eigenvalue weighted by molar-refractivity contribution is -0.145. The summed E-state index contributed by atoms with van der Waals surface area (Å²) in [7, 11) is 2.11. The van der Waals surface area contributed by atoms with Crippen molar-refractivity contribution in [1.82, 2.24) is 10.2 Å². The molecule has 0 aliphatic carbocycles. The van der Waals surface area contributed by atoms with E-state index in [-0.39, 0.29) is 0 Å². The highest BCUT2D eigenvalue weighted by Crippen LogP contribution is 2.18. The molecular weight excluding hydrogens is 240 g/mol. The van der Waals surface area contributed by atoms with E-state index in [2.05, 4.69) is 31.1 Å². The van der Waals surface area contributed by atoms with Crippen molar-refractivity contribution in [2.24, 2.45) is 0 Å². The average Bonchev–Trinajstić information content (AvgIpc) is 2.40. The van der Waals surface area contributed by atoms with Crippen molar-refractivity contribution in [1.29, 1.82) is 0 Å². The van der Waals surface area contributed by atoms with E-state index in [9.17, 15) is 9.90 Å². The lowest BCUT2D eigenvalue weighted by Crippen LogP contribution is -2.52. The van der Waals surface area contributed by atoms with Crippen LogP contribution in [0.2, 0.25) is 0 Å². The molecule has 0 heterocycles. The lowest BCUT2D eigenvalue weighted by atomic mass is 9.90. The number of nitrogens with one attached hydrogen (secondary N) is 1. The molecule has 4 nitrogen and oxygen atoms in total. The first-order chi connectivity index (χ1) is 9.02. The van der Waals surface area contributed by atoms with Gasteiger partial charge in [-0.05, 0) is 58.8 Å². The number of rotatable bonds is 12. The molecule has 2 N–H and O–H groups in total. The third-order valence-corrected chi connectivity index (χ3v) is 3.76.